The molecule has 0 saturated heterocycles. The number of halogens is 1. The summed E-state index contributed by atoms with van der Waals surface area (Å²) in [5.74, 6) is 0.853. The minimum absolute atomic E-state index is 0.254. The summed E-state index contributed by atoms with van der Waals surface area (Å²) in [7, 11) is 1.60. The molecular weight excluding hydrogens is 245 g/mol. The largest absolute Gasteiger partial charge is 0.496 e. The van der Waals surface area contributed by atoms with Crippen LogP contribution in [-0.4, -0.2) is 13.7 Å². The number of nitrogens with two attached hydrogens (primary N) is 1. The summed E-state index contributed by atoms with van der Waals surface area (Å²) in [5, 5.41) is 0. The molecule has 2 rings (SSSR count). The lowest BCUT2D eigenvalue weighted by Gasteiger charge is -2.16. The molecule has 19 heavy (non-hydrogen) atoms. The fraction of sp³-hybridized carbons (Fsp3) is 0.200. The second-order valence-corrected chi connectivity index (χ2v) is 4.12. The average molecular weight is 261 g/mol. The zero-order valence-electron chi connectivity index (χ0n) is 10.7. The second-order valence-electron chi connectivity index (χ2n) is 4.12. The van der Waals surface area contributed by atoms with Crippen molar-refractivity contribution in [1.29, 1.82) is 0 Å². The van der Waals surface area contributed by atoms with E-state index >= 15 is 0 Å². The van der Waals surface area contributed by atoms with Crippen LogP contribution in [0.25, 0.3) is 0 Å². The standard InChI is InChI=1S/C15H16FNO2/c1-18-15-8-3-2-7-13(15)14(17)10-19-12-6-4-5-11(16)9-12/h2-9,14H,10,17H2,1H3. The van der Waals surface area contributed by atoms with E-state index < -0.39 is 0 Å². The smallest absolute Gasteiger partial charge is 0.126 e. The Labute approximate surface area is 111 Å². The summed E-state index contributed by atoms with van der Waals surface area (Å²) in [6, 6.07) is 13.1. The first-order valence-corrected chi connectivity index (χ1v) is 5.97. The third-order valence-corrected chi connectivity index (χ3v) is 2.76. The van der Waals surface area contributed by atoms with E-state index in [1.807, 2.05) is 24.3 Å². The van der Waals surface area contributed by atoms with Gasteiger partial charge in [-0.3, -0.25) is 0 Å². The summed E-state index contributed by atoms with van der Waals surface area (Å²) in [5.41, 5.74) is 6.92. The van der Waals surface area contributed by atoms with Crippen LogP contribution in [0.3, 0.4) is 0 Å². The predicted molar refractivity (Wildman–Crippen MR) is 71.8 cm³/mol. The van der Waals surface area contributed by atoms with Crippen molar-refractivity contribution in [3.05, 3.63) is 59.9 Å². The Morgan fingerprint density at radius 2 is 1.95 bits per heavy atom. The number of methoxy groups -OCH3 is 1. The molecule has 100 valence electrons. The molecule has 1 atom stereocenters. The molecule has 0 radical (unpaired) electrons. The van der Waals surface area contributed by atoms with E-state index in [2.05, 4.69) is 0 Å². The molecule has 0 aliphatic rings. The number of hydrogen-bond acceptors (Lipinski definition) is 3. The van der Waals surface area contributed by atoms with Crippen LogP contribution in [0.1, 0.15) is 11.6 Å². The highest BCUT2D eigenvalue weighted by Crippen LogP contribution is 2.24. The molecule has 3 nitrogen and oxygen atoms in total. The van der Waals surface area contributed by atoms with Gasteiger partial charge in [-0.05, 0) is 18.2 Å². The van der Waals surface area contributed by atoms with Crippen molar-refractivity contribution in [2.45, 2.75) is 6.04 Å². The van der Waals surface area contributed by atoms with Gasteiger partial charge in [0.1, 0.15) is 23.9 Å². The molecule has 0 heterocycles. The van der Waals surface area contributed by atoms with Gasteiger partial charge in [-0.25, -0.2) is 4.39 Å². The van der Waals surface area contributed by atoms with Gasteiger partial charge in [0.15, 0.2) is 0 Å². The van der Waals surface area contributed by atoms with Crippen LogP contribution in [0.15, 0.2) is 48.5 Å². The number of para-hydroxylation sites is 1. The van der Waals surface area contributed by atoms with Crippen LogP contribution in [0.2, 0.25) is 0 Å². The molecule has 2 aromatic carbocycles. The van der Waals surface area contributed by atoms with Crippen LogP contribution in [0, 0.1) is 5.82 Å². The molecule has 2 aromatic rings. The van der Waals surface area contributed by atoms with E-state index in [9.17, 15) is 4.39 Å². The maximum Gasteiger partial charge on any atom is 0.126 e. The Kier molecular flexibility index (Phi) is 4.36. The van der Waals surface area contributed by atoms with Crippen molar-refractivity contribution in [2.24, 2.45) is 5.73 Å². The summed E-state index contributed by atoms with van der Waals surface area (Å²) >= 11 is 0. The van der Waals surface area contributed by atoms with Gasteiger partial charge < -0.3 is 15.2 Å². The molecule has 0 aliphatic carbocycles. The van der Waals surface area contributed by atoms with E-state index in [0.717, 1.165) is 11.3 Å². The van der Waals surface area contributed by atoms with Crippen molar-refractivity contribution in [3.63, 3.8) is 0 Å². The van der Waals surface area contributed by atoms with E-state index in [-0.39, 0.29) is 18.5 Å². The lowest BCUT2D eigenvalue weighted by Crippen LogP contribution is -2.19. The third-order valence-electron chi connectivity index (χ3n) is 2.76. The van der Waals surface area contributed by atoms with Crippen LogP contribution >= 0.6 is 0 Å². The first-order valence-electron chi connectivity index (χ1n) is 5.97. The van der Waals surface area contributed by atoms with Crippen molar-refractivity contribution in [1.82, 2.24) is 0 Å². The average Bonchev–Trinajstić information content (AvgIpc) is 2.45. The normalized spacial score (nSPS) is 11.9. The Morgan fingerprint density at radius 3 is 2.68 bits per heavy atom. The molecule has 2 N–H and O–H groups in total. The van der Waals surface area contributed by atoms with Gasteiger partial charge in [-0.2, -0.15) is 0 Å². The fourth-order valence-electron chi connectivity index (χ4n) is 1.81. The van der Waals surface area contributed by atoms with Gasteiger partial charge in [0.2, 0.25) is 0 Å². The molecule has 0 saturated carbocycles. The fourth-order valence-corrected chi connectivity index (χ4v) is 1.81. The van der Waals surface area contributed by atoms with Crippen LogP contribution in [0.5, 0.6) is 11.5 Å². The number of ether oxygens (including phenoxy) is 2. The van der Waals surface area contributed by atoms with Crippen molar-refractivity contribution < 1.29 is 13.9 Å². The lowest BCUT2D eigenvalue weighted by molar-refractivity contribution is 0.285. The van der Waals surface area contributed by atoms with Gasteiger partial charge >= 0.3 is 0 Å². The van der Waals surface area contributed by atoms with E-state index in [4.69, 9.17) is 15.2 Å². The first-order chi connectivity index (χ1) is 9.20. The highest BCUT2D eigenvalue weighted by Gasteiger charge is 2.12. The zero-order chi connectivity index (χ0) is 13.7. The van der Waals surface area contributed by atoms with Crippen LogP contribution in [-0.2, 0) is 0 Å². The quantitative estimate of drug-likeness (QED) is 0.900. The highest BCUT2D eigenvalue weighted by molar-refractivity contribution is 5.35. The monoisotopic (exact) mass is 261 g/mol. The molecule has 1 unspecified atom stereocenters. The van der Waals surface area contributed by atoms with Gasteiger partial charge in [0.05, 0.1) is 13.2 Å². The molecule has 0 fully saturated rings. The van der Waals surface area contributed by atoms with E-state index in [0.29, 0.717) is 5.75 Å². The highest BCUT2D eigenvalue weighted by atomic mass is 19.1. The van der Waals surface area contributed by atoms with Crippen LogP contribution < -0.4 is 15.2 Å². The van der Waals surface area contributed by atoms with Gasteiger partial charge in [0, 0.05) is 11.6 Å². The van der Waals surface area contributed by atoms with Gasteiger partial charge in [-0.1, -0.05) is 24.3 Å². The first kappa shape index (κ1) is 13.4. The zero-order valence-corrected chi connectivity index (χ0v) is 10.7. The molecule has 0 spiro atoms. The maximum atomic E-state index is 13.0. The van der Waals surface area contributed by atoms with Gasteiger partial charge in [0.25, 0.3) is 0 Å². The van der Waals surface area contributed by atoms with Crippen molar-refractivity contribution >= 4 is 0 Å². The predicted octanol–water partition coefficient (Wildman–Crippen LogP) is 2.91. The van der Waals surface area contributed by atoms with Gasteiger partial charge in [-0.15, -0.1) is 0 Å². The Bertz CT molecular complexity index is 545. The Balaban J connectivity index is 2.03. The Morgan fingerprint density at radius 1 is 1.16 bits per heavy atom. The SMILES string of the molecule is COc1ccccc1C(N)COc1cccc(F)c1. The molecular formula is C15H16FNO2. The number of hydrogen-bond donors (Lipinski definition) is 1. The number of benzene rings is 2. The second kappa shape index (κ2) is 6.20. The molecule has 0 amide bonds. The van der Waals surface area contributed by atoms with E-state index in [1.165, 1.54) is 12.1 Å². The number of rotatable bonds is 5. The van der Waals surface area contributed by atoms with E-state index in [1.54, 1.807) is 19.2 Å². The minimum Gasteiger partial charge on any atom is -0.496 e. The maximum absolute atomic E-state index is 13.0. The van der Waals surface area contributed by atoms with Crippen LogP contribution in [0.4, 0.5) is 4.39 Å². The molecule has 0 bridgehead atoms. The third kappa shape index (κ3) is 3.45. The summed E-state index contributed by atoms with van der Waals surface area (Å²) in [6.07, 6.45) is 0. The summed E-state index contributed by atoms with van der Waals surface area (Å²) < 4.78 is 23.7. The van der Waals surface area contributed by atoms with Crippen molar-refractivity contribution in [3.8, 4) is 11.5 Å². The molecule has 0 aromatic heterocycles. The minimum atomic E-state index is -0.334. The lowest BCUT2D eigenvalue weighted by atomic mass is 10.1. The molecule has 4 heteroatoms. The Hall–Kier alpha value is -2.07. The topological polar surface area (TPSA) is 44.5 Å². The molecule has 0 aliphatic heterocycles. The summed E-state index contributed by atoms with van der Waals surface area (Å²) in [4.78, 5) is 0. The van der Waals surface area contributed by atoms with Crippen molar-refractivity contribution in [2.75, 3.05) is 13.7 Å². The summed E-state index contributed by atoms with van der Waals surface area (Å²) in [6.45, 7) is 0.254.